The van der Waals surface area contributed by atoms with E-state index in [2.05, 4.69) is 13.8 Å². The number of carbonyl (C=O) groups excluding carboxylic acids is 1. The third kappa shape index (κ3) is 2.99. The van der Waals surface area contributed by atoms with Crippen LogP contribution in [0.5, 0.6) is 0 Å². The fourth-order valence-corrected chi connectivity index (χ4v) is 2.20. The summed E-state index contributed by atoms with van der Waals surface area (Å²) < 4.78 is 5.61. The van der Waals surface area contributed by atoms with E-state index in [0.717, 1.165) is 18.4 Å². The molecule has 1 unspecified atom stereocenters. The highest BCUT2D eigenvalue weighted by Crippen LogP contribution is 2.36. The number of rotatable bonds is 6. The lowest BCUT2D eigenvalue weighted by Crippen LogP contribution is -2.26. The van der Waals surface area contributed by atoms with E-state index in [9.17, 15) is 4.79 Å². The quantitative estimate of drug-likeness (QED) is 0.713. The standard InChI is InChI=1S/C16H22O2/c1-4-18-16(14-9-10-14)15(17)13-7-5-12(6-8-13)11(2)3/h5-8,11,14,16H,4,9-10H2,1-3H3. The predicted octanol–water partition coefficient (Wildman–Crippen LogP) is 3.81. The molecule has 18 heavy (non-hydrogen) atoms. The van der Waals surface area contributed by atoms with Gasteiger partial charge in [0.15, 0.2) is 5.78 Å². The highest BCUT2D eigenvalue weighted by molar-refractivity contribution is 5.99. The lowest BCUT2D eigenvalue weighted by atomic mass is 9.98. The molecule has 2 nitrogen and oxygen atoms in total. The van der Waals surface area contributed by atoms with Gasteiger partial charge in [0.25, 0.3) is 0 Å². The summed E-state index contributed by atoms with van der Waals surface area (Å²) in [6.45, 7) is 6.87. The monoisotopic (exact) mass is 246 g/mol. The van der Waals surface area contributed by atoms with Crippen molar-refractivity contribution in [1.82, 2.24) is 0 Å². The first kappa shape index (κ1) is 13.3. The normalized spacial score (nSPS) is 16.9. The fourth-order valence-electron chi connectivity index (χ4n) is 2.20. The first-order valence-electron chi connectivity index (χ1n) is 6.89. The molecule has 0 bridgehead atoms. The maximum atomic E-state index is 12.4. The summed E-state index contributed by atoms with van der Waals surface area (Å²) in [4.78, 5) is 12.4. The summed E-state index contributed by atoms with van der Waals surface area (Å²) in [5.74, 6) is 1.09. The van der Waals surface area contributed by atoms with Crippen LogP contribution in [0, 0.1) is 5.92 Å². The van der Waals surface area contributed by atoms with Crippen LogP contribution in [0.15, 0.2) is 24.3 Å². The summed E-state index contributed by atoms with van der Waals surface area (Å²) in [7, 11) is 0. The van der Waals surface area contributed by atoms with E-state index in [1.807, 2.05) is 31.2 Å². The average molecular weight is 246 g/mol. The van der Waals surface area contributed by atoms with Crippen LogP contribution in [-0.2, 0) is 4.74 Å². The largest absolute Gasteiger partial charge is 0.370 e. The van der Waals surface area contributed by atoms with Crippen molar-refractivity contribution >= 4 is 5.78 Å². The molecule has 0 heterocycles. The van der Waals surface area contributed by atoms with E-state index in [0.29, 0.717) is 18.4 Å². The number of Topliss-reactive ketones (excluding diaryl/α,β-unsaturated/α-hetero) is 1. The number of ketones is 1. The van der Waals surface area contributed by atoms with Crippen LogP contribution in [0.25, 0.3) is 0 Å². The molecule has 0 amide bonds. The lowest BCUT2D eigenvalue weighted by Gasteiger charge is -2.15. The van der Waals surface area contributed by atoms with E-state index >= 15 is 0 Å². The van der Waals surface area contributed by atoms with Gasteiger partial charge in [-0.25, -0.2) is 0 Å². The third-order valence-electron chi connectivity index (χ3n) is 3.52. The summed E-state index contributed by atoms with van der Waals surface area (Å²) in [5.41, 5.74) is 2.05. The molecule has 0 saturated heterocycles. The molecular weight excluding hydrogens is 224 g/mol. The fraction of sp³-hybridized carbons (Fsp3) is 0.562. The molecule has 98 valence electrons. The number of benzene rings is 1. The Morgan fingerprint density at radius 1 is 1.28 bits per heavy atom. The Hall–Kier alpha value is -1.15. The molecule has 0 N–H and O–H groups in total. The molecule has 0 radical (unpaired) electrons. The molecule has 1 aliphatic rings. The minimum absolute atomic E-state index is 0.148. The highest BCUT2D eigenvalue weighted by Gasteiger charge is 2.37. The maximum absolute atomic E-state index is 12.4. The minimum Gasteiger partial charge on any atom is -0.370 e. The second kappa shape index (κ2) is 5.66. The SMILES string of the molecule is CCOC(C(=O)c1ccc(C(C)C)cc1)C1CC1. The van der Waals surface area contributed by atoms with E-state index in [1.165, 1.54) is 5.56 Å². The van der Waals surface area contributed by atoms with Crippen LogP contribution in [0.3, 0.4) is 0 Å². The summed E-state index contributed by atoms with van der Waals surface area (Å²) >= 11 is 0. The zero-order valence-corrected chi connectivity index (χ0v) is 11.5. The Kier molecular flexibility index (Phi) is 4.18. The first-order chi connectivity index (χ1) is 8.63. The third-order valence-corrected chi connectivity index (χ3v) is 3.52. The van der Waals surface area contributed by atoms with Gasteiger partial charge in [-0.2, -0.15) is 0 Å². The second-order valence-electron chi connectivity index (χ2n) is 5.35. The van der Waals surface area contributed by atoms with Crippen molar-refractivity contribution in [2.45, 2.75) is 45.6 Å². The van der Waals surface area contributed by atoms with Gasteiger partial charge in [0.05, 0.1) is 0 Å². The minimum atomic E-state index is -0.222. The van der Waals surface area contributed by atoms with Crippen molar-refractivity contribution in [3.05, 3.63) is 35.4 Å². The lowest BCUT2D eigenvalue weighted by molar-refractivity contribution is 0.0374. The Morgan fingerprint density at radius 2 is 1.89 bits per heavy atom. The number of hydrogen-bond donors (Lipinski definition) is 0. The van der Waals surface area contributed by atoms with Gasteiger partial charge in [0, 0.05) is 12.2 Å². The zero-order chi connectivity index (χ0) is 13.1. The Morgan fingerprint density at radius 3 is 2.33 bits per heavy atom. The van der Waals surface area contributed by atoms with Crippen LogP contribution in [0.1, 0.15) is 55.5 Å². The van der Waals surface area contributed by atoms with Gasteiger partial charge in [0.2, 0.25) is 0 Å². The van der Waals surface area contributed by atoms with E-state index in [4.69, 9.17) is 4.74 Å². The molecule has 1 aromatic rings. The Bertz CT molecular complexity index is 402. The molecule has 1 fully saturated rings. The van der Waals surface area contributed by atoms with Crippen molar-refractivity contribution < 1.29 is 9.53 Å². The second-order valence-corrected chi connectivity index (χ2v) is 5.35. The van der Waals surface area contributed by atoms with Gasteiger partial charge in [-0.1, -0.05) is 38.1 Å². The molecule has 0 aliphatic heterocycles. The van der Waals surface area contributed by atoms with Crippen molar-refractivity contribution in [3.8, 4) is 0 Å². The van der Waals surface area contributed by atoms with E-state index in [-0.39, 0.29) is 11.9 Å². The molecule has 2 heteroatoms. The predicted molar refractivity (Wildman–Crippen MR) is 73.0 cm³/mol. The average Bonchev–Trinajstić information content (AvgIpc) is 3.19. The van der Waals surface area contributed by atoms with Crippen LogP contribution < -0.4 is 0 Å². The van der Waals surface area contributed by atoms with Gasteiger partial charge in [-0.15, -0.1) is 0 Å². The van der Waals surface area contributed by atoms with Gasteiger partial charge in [-0.3, -0.25) is 4.79 Å². The van der Waals surface area contributed by atoms with Crippen LogP contribution in [-0.4, -0.2) is 18.5 Å². The topological polar surface area (TPSA) is 26.3 Å². The highest BCUT2D eigenvalue weighted by atomic mass is 16.5. The smallest absolute Gasteiger partial charge is 0.191 e. The molecule has 0 spiro atoms. The van der Waals surface area contributed by atoms with Gasteiger partial charge >= 0.3 is 0 Å². The van der Waals surface area contributed by atoms with Crippen molar-refractivity contribution in [2.24, 2.45) is 5.92 Å². The summed E-state index contributed by atoms with van der Waals surface area (Å²) in [5, 5.41) is 0. The maximum Gasteiger partial charge on any atom is 0.191 e. The van der Waals surface area contributed by atoms with Gasteiger partial charge in [-0.05, 0) is 37.2 Å². The van der Waals surface area contributed by atoms with E-state index in [1.54, 1.807) is 0 Å². The van der Waals surface area contributed by atoms with E-state index < -0.39 is 0 Å². The van der Waals surface area contributed by atoms with Gasteiger partial charge in [0.1, 0.15) is 6.10 Å². The number of hydrogen-bond acceptors (Lipinski definition) is 2. The zero-order valence-electron chi connectivity index (χ0n) is 11.5. The first-order valence-corrected chi connectivity index (χ1v) is 6.89. The van der Waals surface area contributed by atoms with Crippen LogP contribution in [0.4, 0.5) is 0 Å². The molecule has 1 aromatic carbocycles. The van der Waals surface area contributed by atoms with Gasteiger partial charge < -0.3 is 4.74 Å². The molecule has 2 rings (SSSR count). The Balaban J connectivity index is 2.11. The number of ether oxygens (including phenoxy) is 1. The molecular formula is C16H22O2. The molecule has 1 atom stereocenters. The molecule has 1 saturated carbocycles. The summed E-state index contributed by atoms with van der Waals surface area (Å²) in [6.07, 6.45) is 2.03. The van der Waals surface area contributed by atoms with Crippen molar-refractivity contribution in [3.63, 3.8) is 0 Å². The molecule has 1 aliphatic carbocycles. The van der Waals surface area contributed by atoms with Crippen LogP contribution in [0.2, 0.25) is 0 Å². The summed E-state index contributed by atoms with van der Waals surface area (Å²) in [6, 6.07) is 7.97. The van der Waals surface area contributed by atoms with Crippen LogP contribution >= 0.6 is 0 Å². The number of carbonyl (C=O) groups is 1. The van der Waals surface area contributed by atoms with Crippen molar-refractivity contribution in [2.75, 3.05) is 6.61 Å². The molecule has 0 aromatic heterocycles. The van der Waals surface area contributed by atoms with Crippen molar-refractivity contribution in [1.29, 1.82) is 0 Å². The Labute approximate surface area is 109 Å².